The second-order valence-corrected chi connectivity index (χ2v) is 6.54. The van der Waals surface area contributed by atoms with Gasteiger partial charge < -0.3 is 5.73 Å². The van der Waals surface area contributed by atoms with Crippen LogP contribution in [0.2, 0.25) is 0 Å². The van der Waals surface area contributed by atoms with Crippen molar-refractivity contribution in [1.29, 1.82) is 0 Å². The van der Waals surface area contributed by atoms with Gasteiger partial charge in [0.05, 0.1) is 0 Å². The molecule has 0 unspecified atom stereocenters. The first-order valence-electron chi connectivity index (χ1n) is 9.00. The highest BCUT2D eigenvalue weighted by atomic mass is 14.6. The van der Waals surface area contributed by atoms with E-state index in [1.165, 1.54) is 65.6 Å². The molecular formula is C22H27N. The summed E-state index contributed by atoms with van der Waals surface area (Å²) in [5, 5.41) is 5.22. The van der Waals surface area contributed by atoms with E-state index in [0.717, 1.165) is 12.1 Å². The van der Waals surface area contributed by atoms with E-state index in [1.807, 2.05) is 6.07 Å². The summed E-state index contributed by atoms with van der Waals surface area (Å²) in [6.07, 6.45) is 9.09. The fraction of sp³-hybridized carbons (Fsp3) is 0.364. The molecule has 0 amide bonds. The third kappa shape index (κ3) is 3.50. The lowest BCUT2D eigenvalue weighted by atomic mass is 9.92. The van der Waals surface area contributed by atoms with E-state index in [4.69, 9.17) is 5.73 Å². The highest BCUT2D eigenvalue weighted by molar-refractivity contribution is 6.06. The minimum Gasteiger partial charge on any atom is -0.398 e. The average molecular weight is 305 g/mol. The molecule has 0 saturated carbocycles. The van der Waals surface area contributed by atoms with Gasteiger partial charge in [-0.2, -0.15) is 0 Å². The van der Waals surface area contributed by atoms with Gasteiger partial charge in [-0.05, 0) is 46.7 Å². The van der Waals surface area contributed by atoms with Crippen LogP contribution in [-0.2, 0) is 6.42 Å². The smallest absolute Gasteiger partial charge is 0.0396 e. The topological polar surface area (TPSA) is 26.0 Å². The number of anilines is 1. The van der Waals surface area contributed by atoms with Crippen LogP contribution in [0.3, 0.4) is 0 Å². The third-order valence-corrected chi connectivity index (χ3v) is 4.81. The SMILES string of the molecule is CCCCCCCCc1c2ccccc2cc2cccc(N)c12. The summed E-state index contributed by atoms with van der Waals surface area (Å²) in [5.74, 6) is 0. The average Bonchev–Trinajstić information content (AvgIpc) is 2.57. The van der Waals surface area contributed by atoms with Crippen molar-refractivity contribution >= 4 is 27.2 Å². The van der Waals surface area contributed by atoms with Crippen molar-refractivity contribution in [2.24, 2.45) is 0 Å². The Morgan fingerprint density at radius 1 is 0.783 bits per heavy atom. The molecule has 3 aromatic rings. The Morgan fingerprint density at radius 3 is 2.39 bits per heavy atom. The second kappa shape index (κ2) is 7.50. The summed E-state index contributed by atoms with van der Waals surface area (Å²) in [6, 6.07) is 17.3. The van der Waals surface area contributed by atoms with Crippen LogP contribution in [0.5, 0.6) is 0 Å². The van der Waals surface area contributed by atoms with Gasteiger partial charge in [0, 0.05) is 11.1 Å². The van der Waals surface area contributed by atoms with Gasteiger partial charge in [0.1, 0.15) is 0 Å². The van der Waals surface area contributed by atoms with Crippen LogP contribution in [0.4, 0.5) is 5.69 Å². The summed E-state index contributed by atoms with van der Waals surface area (Å²) in [5.41, 5.74) is 8.67. The number of rotatable bonds is 7. The molecule has 3 aromatic carbocycles. The zero-order valence-electron chi connectivity index (χ0n) is 14.1. The van der Waals surface area contributed by atoms with Gasteiger partial charge in [0.15, 0.2) is 0 Å². The molecule has 0 aromatic heterocycles. The first-order valence-corrected chi connectivity index (χ1v) is 9.00. The molecule has 0 atom stereocenters. The van der Waals surface area contributed by atoms with E-state index >= 15 is 0 Å². The van der Waals surface area contributed by atoms with E-state index in [2.05, 4.69) is 49.4 Å². The summed E-state index contributed by atoms with van der Waals surface area (Å²) < 4.78 is 0. The van der Waals surface area contributed by atoms with Crippen molar-refractivity contribution in [3.05, 3.63) is 54.1 Å². The van der Waals surface area contributed by atoms with E-state index in [0.29, 0.717) is 0 Å². The minimum absolute atomic E-state index is 0.911. The third-order valence-electron chi connectivity index (χ3n) is 4.81. The summed E-state index contributed by atoms with van der Waals surface area (Å²) in [6.45, 7) is 2.27. The minimum atomic E-state index is 0.911. The van der Waals surface area contributed by atoms with Crippen molar-refractivity contribution in [2.45, 2.75) is 51.9 Å². The Labute approximate surface area is 139 Å². The van der Waals surface area contributed by atoms with Crippen LogP contribution >= 0.6 is 0 Å². The molecule has 0 saturated heterocycles. The molecule has 3 rings (SSSR count). The van der Waals surface area contributed by atoms with Crippen LogP contribution in [-0.4, -0.2) is 0 Å². The number of benzene rings is 3. The summed E-state index contributed by atoms with van der Waals surface area (Å²) in [7, 11) is 0. The van der Waals surface area contributed by atoms with E-state index < -0.39 is 0 Å². The van der Waals surface area contributed by atoms with Crippen LogP contribution < -0.4 is 5.73 Å². The van der Waals surface area contributed by atoms with Gasteiger partial charge in [0.25, 0.3) is 0 Å². The van der Waals surface area contributed by atoms with E-state index in [-0.39, 0.29) is 0 Å². The maximum absolute atomic E-state index is 6.32. The zero-order valence-corrected chi connectivity index (χ0v) is 14.1. The fourth-order valence-corrected chi connectivity index (χ4v) is 3.60. The molecule has 1 nitrogen and oxygen atoms in total. The van der Waals surface area contributed by atoms with E-state index in [1.54, 1.807) is 0 Å². The number of unbranched alkanes of at least 4 members (excludes halogenated alkanes) is 5. The van der Waals surface area contributed by atoms with Crippen molar-refractivity contribution < 1.29 is 0 Å². The van der Waals surface area contributed by atoms with Crippen LogP contribution in [0.1, 0.15) is 51.0 Å². The standard InChI is InChI=1S/C22H27N/c1-2-3-4-5-6-7-14-20-19-13-9-8-11-17(19)16-18-12-10-15-21(23)22(18)20/h8-13,15-16H,2-7,14,23H2,1H3. The van der Waals surface area contributed by atoms with Crippen molar-refractivity contribution in [3.63, 3.8) is 0 Å². The van der Waals surface area contributed by atoms with Crippen LogP contribution in [0, 0.1) is 0 Å². The molecule has 0 heterocycles. The molecule has 0 aliphatic rings. The number of fused-ring (bicyclic) bond motifs is 2. The normalized spacial score (nSPS) is 11.3. The number of hydrogen-bond acceptors (Lipinski definition) is 1. The predicted octanol–water partition coefficient (Wildman–Crippen LogP) is 6.48. The van der Waals surface area contributed by atoms with Gasteiger partial charge >= 0.3 is 0 Å². The molecule has 0 aliphatic carbocycles. The van der Waals surface area contributed by atoms with Crippen LogP contribution in [0.25, 0.3) is 21.5 Å². The fourth-order valence-electron chi connectivity index (χ4n) is 3.60. The van der Waals surface area contributed by atoms with Crippen LogP contribution in [0.15, 0.2) is 48.5 Å². The molecule has 0 fully saturated rings. The quantitative estimate of drug-likeness (QED) is 0.302. The molecule has 0 aliphatic heterocycles. The Morgan fingerprint density at radius 2 is 1.52 bits per heavy atom. The molecule has 23 heavy (non-hydrogen) atoms. The Balaban J connectivity index is 1.91. The first kappa shape index (κ1) is 15.9. The lowest BCUT2D eigenvalue weighted by Gasteiger charge is -2.13. The second-order valence-electron chi connectivity index (χ2n) is 6.54. The van der Waals surface area contributed by atoms with Gasteiger partial charge in [0.2, 0.25) is 0 Å². The van der Waals surface area contributed by atoms with Gasteiger partial charge in [-0.1, -0.05) is 75.4 Å². The van der Waals surface area contributed by atoms with E-state index in [9.17, 15) is 0 Å². The number of aryl methyl sites for hydroxylation is 1. The summed E-state index contributed by atoms with van der Waals surface area (Å²) >= 11 is 0. The highest BCUT2D eigenvalue weighted by Crippen LogP contribution is 2.33. The molecule has 120 valence electrons. The van der Waals surface area contributed by atoms with Crippen molar-refractivity contribution in [3.8, 4) is 0 Å². The molecule has 0 bridgehead atoms. The van der Waals surface area contributed by atoms with Gasteiger partial charge in [-0.15, -0.1) is 0 Å². The molecular weight excluding hydrogens is 278 g/mol. The first-order chi connectivity index (χ1) is 11.3. The molecule has 1 heteroatoms. The summed E-state index contributed by atoms with van der Waals surface area (Å²) in [4.78, 5) is 0. The lowest BCUT2D eigenvalue weighted by molar-refractivity contribution is 0.609. The maximum Gasteiger partial charge on any atom is 0.0396 e. The Hall–Kier alpha value is -2.02. The van der Waals surface area contributed by atoms with Gasteiger partial charge in [-0.3, -0.25) is 0 Å². The molecule has 2 N–H and O–H groups in total. The molecule has 0 radical (unpaired) electrons. The molecule has 0 spiro atoms. The monoisotopic (exact) mass is 305 g/mol. The Bertz CT molecular complexity index is 788. The van der Waals surface area contributed by atoms with Crippen molar-refractivity contribution in [1.82, 2.24) is 0 Å². The number of nitrogens with two attached hydrogens (primary N) is 1. The maximum atomic E-state index is 6.32. The van der Waals surface area contributed by atoms with Crippen molar-refractivity contribution in [2.75, 3.05) is 5.73 Å². The lowest BCUT2D eigenvalue weighted by Crippen LogP contribution is -1.95. The predicted molar refractivity (Wildman–Crippen MR) is 103 cm³/mol. The number of nitrogen functional groups attached to an aromatic ring is 1. The largest absolute Gasteiger partial charge is 0.398 e. The highest BCUT2D eigenvalue weighted by Gasteiger charge is 2.09. The van der Waals surface area contributed by atoms with Gasteiger partial charge in [-0.25, -0.2) is 0 Å². The Kier molecular flexibility index (Phi) is 5.17. The number of hydrogen-bond donors (Lipinski definition) is 1. The zero-order chi connectivity index (χ0) is 16.1.